The molecule has 0 radical (unpaired) electrons. The normalized spacial score (nSPS) is 18.5. The summed E-state index contributed by atoms with van der Waals surface area (Å²) < 4.78 is 2.00. The summed E-state index contributed by atoms with van der Waals surface area (Å²) in [6.45, 7) is 1.94. The first-order chi connectivity index (χ1) is 10.4. The first-order valence-corrected chi connectivity index (χ1v) is 7.36. The molecule has 2 aromatic heterocycles. The molecule has 21 heavy (non-hydrogen) atoms. The van der Waals surface area contributed by atoms with E-state index in [1.165, 1.54) is 12.8 Å². The number of anilines is 1. The van der Waals surface area contributed by atoms with E-state index in [0.717, 1.165) is 29.9 Å². The van der Waals surface area contributed by atoms with Gasteiger partial charge in [0.25, 0.3) is 0 Å². The molecule has 0 saturated carbocycles. The summed E-state index contributed by atoms with van der Waals surface area (Å²) in [5, 5.41) is 4.31. The Morgan fingerprint density at radius 1 is 1.14 bits per heavy atom. The SMILES string of the molecule is c1ccc2nc(N3CCC[C@H]3Cn3cccn3)cnc2c1. The maximum absolute atomic E-state index is 4.77. The summed E-state index contributed by atoms with van der Waals surface area (Å²) in [5.41, 5.74) is 1.91. The van der Waals surface area contributed by atoms with Gasteiger partial charge in [-0.05, 0) is 31.0 Å². The highest BCUT2D eigenvalue weighted by Gasteiger charge is 2.26. The van der Waals surface area contributed by atoms with Crippen molar-refractivity contribution >= 4 is 16.9 Å². The van der Waals surface area contributed by atoms with Crippen LogP contribution >= 0.6 is 0 Å². The van der Waals surface area contributed by atoms with E-state index in [2.05, 4.69) is 15.0 Å². The molecule has 3 heterocycles. The lowest BCUT2D eigenvalue weighted by Crippen LogP contribution is -2.33. The van der Waals surface area contributed by atoms with E-state index in [1.807, 2.05) is 53.6 Å². The molecule has 4 rings (SSSR count). The average Bonchev–Trinajstić information content (AvgIpc) is 3.19. The number of para-hydroxylation sites is 2. The van der Waals surface area contributed by atoms with Gasteiger partial charge < -0.3 is 4.90 Å². The van der Waals surface area contributed by atoms with E-state index in [0.29, 0.717) is 6.04 Å². The van der Waals surface area contributed by atoms with E-state index in [9.17, 15) is 0 Å². The molecule has 1 atom stereocenters. The summed E-state index contributed by atoms with van der Waals surface area (Å²) in [4.78, 5) is 11.7. The molecule has 0 spiro atoms. The Morgan fingerprint density at radius 2 is 2.05 bits per heavy atom. The van der Waals surface area contributed by atoms with Crippen molar-refractivity contribution in [3.05, 3.63) is 48.9 Å². The lowest BCUT2D eigenvalue weighted by atomic mass is 10.2. The molecule has 0 unspecified atom stereocenters. The highest BCUT2D eigenvalue weighted by atomic mass is 15.3. The van der Waals surface area contributed by atoms with Gasteiger partial charge in [-0.3, -0.25) is 9.67 Å². The zero-order chi connectivity index (χ0) is 14.1. The highest BCUT2D eigenvalue weighted by Crippen LogP contribution is 2.25. The molecule has 106 valence electrons. The third-order valence-corrected chi connectivity index (χ3v) is 4.06. The van der Waals surface area contributed by atoms with E-state index < -0.39 is 0 Å². The van der Waals surface area contributed by atoms with E-state index in [4.69, 9.17) is 4.98 Å². The van der Waals surface area contributed by atoms with Gasteiger partial charge in [0.05, 0.1) is 29.8 Å². The molecule has 5 heteroatoms. The minimum absolute atomic E-state index is 0.445. The van der Waals surface area contributed by atoms with E-state index in [1.54, 1.807) is 0 Å². The Hall–Kier alpha value is -2.43. The van der Waals surface area contributed by atoms with Crippen LogP contribution in [0.25, 0.3) is 11.0 Å². The van der Waals surface area contributed by atoms with Gasteiger partial charge in [-0.1, -0.05) is 12.1 Å². The van der Waals surface area contributed by atoms with Gasteiger partial charge in [0.1, 0.15) is 5.82 Å². The Kier molecular flexibility index (Phi) is 3.03. The third-order valence-electron chi connectivity index (χ3n) is 4.06. The van der Waals surface area contributed by atoms with Crippen molar-refractivity contribution in [2.75, 3.05) is 11.4 Å². The topological polar surface area (TPSA) is 46.8 Å². The molecule has 1 aliphatic heterocycles. The lowest BCUT2D eigenvalue weighted by Gasteiger charge is -2.25. The van der Waals surface area contributed by atoms with Crippen molar-refractivity contribution in [3.63, 3.8) is 0 Å². The van der Waals surface area contributed by atoms with Crippen molar-refractivity contribution in [2.24, 2.45) is 0 Å². The van der Waals surface area contributed by atoms with Crippen LogP contribution in [0.15, 0.2) is 48.9 Å². The molecule has 0 amide bonds. The largest absolute Gasteiger partial charge is 0.350 e. The molecule has 0 N–H and O–H groups in total. The maximum atomic E-state index is 4.77. The molecule has 1 aromatic carbocycles. The van der Waals surface area contributed by atoms with Crippen LogP contribution in [-0.2, 0) is 6.54 Å². The Bertz CT molecular complexity index is 737. The predicted molar refractivity (Wildman–Crippen MR) is 82.1 cm³/mol. The van der Waals surface area contributed by atoms with Crippen molar-refractivity contribution in [2.45, 2.75) is 25.4 Å². The van der Waals surface area contributed by atoms with Crippen LogP contribution in [0.3, 0.4) is 0 Å². The summed E-state index contributed by atoms with van der Waals surface area (Å²) in [6.07, 6.45) is 8.11. The van der Waals surface area contributed by atoms with Crippen LogP contribution in [0.1, 0.15) is 12.8 Å². The van der Waals surface area contributed by atoms with Crippen molar-refractivity contribution in [1.29, 1.82) is 0 Å². The predicted octanol–water partition coefficient (Wildman–Crippen LogP) is 2.50. The van der Waals surface area contributed by atoms with E-state index in [-0.39, 0.29) is 0 Å². The van der Waals surface area contributed by atoms with Crippen LogP contribution in [0.4, 0.5) is 5.82 Å². The summed E-state index contributed by atoms with van der Waals surface area (Å²) in [7, 11) is 0. The monoisotopic (exact) mass is 279 g/mol. The number of nitrogens with zero attached hydrogens (tertiary/aromatic N) is 5. The number of rotatable bonds is 3. The summed E-state index contributed by atoms with van der Waals surface area (Å²) in [6, 6.07) is 10.4. The highest BCUT2D eigenvalue weighted by molar-refractivity contribution is 5.75. The van der Waals surface area contributed by atoms with Gasteiger partial charge in [0.15, 0.2) is 0 Å². The van der Waals surface area contributed by atoms with Crippen molar-refractivity contribution in [3.8, 4) is 0 Å². The fourth-order valence-electron chi connectivity index (χ4n) is 3.04. The van der Waals surface area contributed by atoms with Gasteiger partial charge >= 0.3 is 0 Å². The molecule has 0 aliphatic carbocycles. The number of aromatic nitrogens is 4. The fourth-order valence-corrected chi connectivity index (χ4v) is 3.04. The van der Waals surface area contributed by atoms with Crippen LogP contribution < -0.4 is 4.90 Å². The van der Waals surface area contributed by atoms with Gasteiger partial charge in [0.2, 0.25) is 0 Å². The van der Waals surface area contributed by atoms with Crippen LogP contribution in [-0.4, -0.2) is 32.3 Å². The fraction of sp³-hybridized carbons (Fsp3) is 0.312. The second-order valence-corrected chi connectivity index (χ2v) is 5.43. The Labute approximate surface area is 123 Å². The summed E-state index contributed by atoms with van der Waals surface area (Å²) in [5.74, 6) is 0.975. The van der Waals surface area contributed by atoms with Gasteiger partial charge in [-0.25, -0.2) is 4.98 Å². The van der Waals surface area contributed by atoms with E-state index >= 15 is 0 Å². The minimum atomic E-state index is 0.445. The van der Waals surface area contributed by atoms with Crippen LogP contribution in [0.5, 0.6) is 0 Å². The van der Waals surface area contributed by atoms with Gasteiger partial charge in [-0.15, -0.1) is 0 Å². The Balaban J connectivity index is 1.63. The second kappa shape index (κ2) is 5.16. The minimum Gasteiger partial charge on any atom is -0.350 e. The zero-order valence-corrected chi connectivity index (χ0v) is 11.8. The summed E-state index contributed by atoms with van der Waals surface area (Å²) >= 11 is 0. The molecule has 1 fully saturated rings. The van der Waals surface area contributed by atoms with Gasteiger partial charge in [0, 0.05) is 18.9 Å². The quantitative estimate of drug-likeness (QED) is 0.739. The van der Waals surface area contributed by atoms with Crippen molar-refractivity contribution in [1.82, 2.24) is 19.7 Å². The Morgan fingerprint density at radius 3 is 2.90 bits per heavy atom. The standard InChI is InChI=1S/C16H17N5/c1-2-7-15-14(6-1)17-11-16(19-15)21-10-3-5-13(21)12-20-9-4-8-18-20/h1-2,4,6-9,11,13H,3,5,10,12H2/t13-/m0/s1. The van der Waals surface area contributed by atoms with Crippen LogP contribution in [0, 0.1) is 0 Å². The molecule has 1 aliphatic rings. The maximum Gasteiger partial charge on any atom is 0.148 e. The van der Waals surface area contributed by atoms with Crippen molar-refractivity contribution < 1.29 is 0 Å². The van der Waals surface area contributed by atoms with Crippen LogP contribution in [0.2, 0.25) is 0 Å². The molecule has 3 aromatic rings. The number of fused-ring (bicyclic) bond motifs is 1. The first kappa shape index (κ1) is 12.3. The second-order valence-electron chi connectivity index (χ2n) is 5.43. The number of hydrogen-bond donors (Lipinski definition) is 0. The number of benzene rings is 1. The first-order valence-electron chi connectivity index (χ1n) is 7.36. The smallest absolute Gasteiger partial charge is 0.148 e. The molecular weight excluding hydrogens is 262 g/mol. The average molecular weight is 279 g/mol. The molecule has 1 saturated heterocycles. The zero-order valence-electron chi connectivity index (χ0n) is 11.8. The lowest BCUT2D eigenvalue weighted by molar-refractivity contribution is 0.507. The van der Waals surface area contributed by atoms with Gasteiger partial charge in [-0.2, -0.15) is 5.10 Å². The number of hydrogen-bond acceptors (Lipinski definition) is 4. The molecule has 5 nitrogen and oxygen atoms in total. The third kappa shape index (κ3) is 2.35. The molecular formula is C16H17N5. The molecule has 0 bridgehead atoms.